The largest absolute Gasteiger partial charge is 0.329 e. The molecule has 1 heterocycles. The van der Waals surface area contributed by atoms with Crippen LogP contribution in [0.3, 0.4) is 0 Å². The van der Waals surface area contributed by atoms with E-state index >= 15 is 0 Å². The van der Waals surface area contributed by atoms with E-state index < -0.39 is 15.3 Å². The molecule has 1 aliphatic rings. The molecule has 1 atom stereocenters. The van der Waals surface area contributed by atoms with Crippen LogP contribution < -0.4 is 10.5 Å². The molecular formula is C10H23N3O2S. The van der Waals surface area contributed by atoms with E-state index in [1.807, 2.05) is 6.92 Å². The molecule has 96 valence electrons. The molecule has 1 fully saturated rings. The highest BCUT2D eigenvalue weighted by atomic mass is 32.2. The maximum absolute atomic E-state index is 11.8. The summed E-state index contributed by atoms with van der Waals surface area (Å²) in [5.74, 6) is 0. The molecule has 5 nitrogen and oxygen atoms in total. The van der Waals surface area contributed by atoms with Crippen molar-refractivity contribution in [3.05, 3.63) is 0 Å². The first kappa shape index (κ1) is 13.9. The van der Waals surface area contributed by atoms with Crippen LogP contribution in [0.25, 0.3) is 0 Å². The van der Waals surface area contributed by atoms with Gasteiger partial charge < -0.3 is 10.6 Å². The van der Waals surface area contributed by atoms with E-state index in [0.29, 0.717) is 13.0 Å². The summed E-state index contributed by atoms with van der Waals surface area (Å²) in [6.07, 6.45) is 3.02. The van der Waals surface area contributed by atoms with Gasteiger partial charge in [-0.1, -0.05) is 6.92 Å². The third kappa shape index (κ3) is 4.01. The van der Waals surface area contributed by atoms with E-state index in [9.17, 15) is 8.42 Å². The monoisotopic (exact) mass is 249 g/mol. The summed E-state index contributed by atoms with van der Waals surface area (Å²) in [6, 6.07) is 0. The van der Waals surface area contributed by atoms with Gasteiger partial charge in [0, 0.05) is 19.6 Å². The van der Waals surface area contributed by atoms with Crippen LogP contribution in [0.15, 0.2) is 0 Å². The Morgan fingerprint density at radius 3 is 2.50 bits per heavy atom. The Hall–Kier alpha value is -0.170. The molecule has 0 amide bonds. The van der Waals surface area contributed by atoms with Crippen LogP contribution in [0.5, 0.6) is 0 Å². The zero-order valence-corrected chi connectivity index (χ0v) is 10.8. The first-order chi connectivity index (χ1) is 7.60. The fourth-order valence-electron chi connectivity index (χ4n) is 1.98. The van der Waals surface area contributed by atoms with Crippen LogP contribution in [0.1, 0.15) is 26.2 Å². The van der Waals surface area contributed by atoms with Gasteiger partial charge in [-0.25, -0.2) is 13.1 Å². The Bertz CT molecular complexity index is 282. The number of nitrogens with zero attached hydrogens (tertiary/aromatic N) is 1. The van der Waals surface area contributed by atoms with E-state index in [1.165, 1.54) is 12.8 Å². The van der Waals surface area contributed by atoms with E-state index in [0.717, 1.165) is 19.6 Å². The molecule has 0 radical (unpaired) electrons. The third-order valence-electron chi connectivity index (χ3n) is 3.09. The highest BCUT2D eigenvalue weighted by Crippen LogP contribution is 2.06. The molecule has 1 rings (SSSR count). The summed E-state index contributed by atoms with van der Waals surface area (Å²) in [5.41, 5.74) is 5.43. The summed E-state index contributed by atoms with van der Waals surface area (Å²) in [6.45, 7) is 5.53. The van der Waals surface area contributed by atoms with Crippen LogP contribution in [-0.2, 0) is 10.0 Å². The maximum Gasteiger partial charge on any atom is 0.215 e. The van der Waals surface area contributed by atoms with E-state index in [1.54, 1.807) is 0 Å². The van der Waals surface area contributed by atoms with Gasteiger partial charge in [0.25, 0.3) is 0 Å². The lowest BCUT2D eigenvalue weighted by Crippen LogP contribution is -2.41. The molecule has 3 N–H and O–H groups in total. The fraction of sp³-hybridized carbons (Fsp3) is 1.00. The summed E-state index contributed by atoms with van der Waals surface area (Å²) in [4.78, 5) is 2.28. The molecular weight excluding hydrogens is 226 g/mol. The Labute approximate surface area is 98.4 Å². The number of hydrogen-bond donors (Lipinski definition) is 2. The number of hydrogen-bond acceptors (Lipinski definition) is 4. The Morgan fingerprint density at radius 2 is 2.00 bits per heavy atom. The zero-order valence-electron chi connectivity index (χ0n) is 9.98. The Morgan fingerprint density at radius 1 is 1.38 bits per heavy atom. The summed E-state index contributed by atoms with van der Waals surface area (Å²) in [5, 5.41) is -0.453. The quantitative estimate of drug-likeness (QED) is 0.652. The van der Waals surface area contributed by atoms with Crippen LogP contribution in [-0.4, -0.2) is 51.3 Å². The number of nitrogens with two attached hydrogens (primary N) is 1. The van der Waals surface area contributed by atoms with Crippen molar-refractivity contribution in [2.75, 3.05) is 32.7 Å². The summed E-state index contributed by atoms with van der Waals surface area (Å²) >= 11 is 0. The van der Waals surface area contributed by atoms with Crippen molar-refractivity contribution in [3.8, 4) is 0 Å². The molecule has 6 heteroatoms. The normalized spacial score (nSPS) is 20.1. The van der Waals surface area contributed by atoms with Crippen molar-refractivity contribution < 1.29 is 8.42 Å². The molecule has 1 saturated heterocycles. The van der Waals surface area contributed by atoms with Crippen molar-refractivity contribution in [3.63, 3.8) is 0 Å². The van der Waals surface area contributed by atoms with Crippen molar-refractivity contribution >= 4 is 10.0 Å². The molecule has 0 aliphatic carbocycles. The van der Waals surface area contributed by atoms with Gasteiger partial charge in [0.2, 0.25) is 10.0 Å². The zero-order chi connectivity index (χ0) is 12.0. The second kappa shape index (κ2) is 6.54. The first-order valence-electron chi connectivity index (χ1n) is 6.01. The second-order valence-electron chi connectivity index (χ2n) is 4.25. The molecule has 0 saturated carbocycles. The number of sulfonamides is 1. The molecule has 0 bridgehead atoms. The fourth-order valence-corrected chi connectivity index (χ4v) is 3.29. The lowest BCUT2D eigenvalue weighted by Gasteiger charge is -2.17. The van der Waals surface area contributed by atoms with Crippen LogP contribution >= 0.6 is 0 Å². The Kier molecular flexibility index (Phi) is 5.68. The minimum absolute atomic E-state index is 0.190. The van der Waals surface area contributed by atoms with Crippen molar-refractivity contribution in [1.29, 1.82) is 0 Å². The SMILES string of the molecule is CCC(CN)S(=O)(=O)NCCN1CCCC1. The lowest BCUT2D eigenvalue weighted by molar-refractivity contribution is 0.344. The van der Waals surface area contributed by atoms with Crippen LogP contribution in [0, 0.1) is 0 Å². The highest BCUT2D eigenvalue weighted by molar-refractivity contribution is 7.90. The lowest BCUT2D eigenvalue weighted by atomic mass is 10.3. The van der Waals surface area contributed by atoms with Crippen molar-refractivity contribution in [2.24, 2.45) is 5.73 Å². The Balaban J connectivity index is 2.29. The molecule has 1 aliphatic heterocycles. The molecule has 0 aromatic heterocycles. The minimum atomic E-state index is -3.22. The summed E-state index contributed by atoms with van der Waals surface area (Å²) in [7, 11) is -3.22. The predicted octanol–water partition coefficient (Wildman–Crippen LogP) is -0.261. The highest BCUT2D eigenvalue weighted by Gasteiger charge is 2.21. The molecule has 0 spiro atoms. The van der Waals surface area contributed by atoms with Crippen molar-refractivity contribution in [2.45, 2.75) is 31.4 Å². The number of nitrogens with one attached hydrogen (secondary N) is 1. The van der Waals surface area contributed by atoms with Gasteiger partial charge in [0.15, 0.2) is 0 Å². The average Bonchev–Trinajstić information content (AvgIpc) is 2.71. The van der Waals surface area contributed by atoms with Gasteiger partial charge in [-0.2, -0.15) is 0 Å². The van der Waals surface area contributed by atoms with Gasteiger partial charge in [-0.3, -0.25) is 0 Å². The smallest absolute Gasteiger partial charge is 0.215 e. The van der Waals surface area contributed by atoms with Gasteiger partial charge >= 0.3 is 0 Å². The molecule has 0 aromatic rings. The maximum atomic E-state index is 11.8. The standard InChI is InChI=1S/C10H23N3O2S/c1-2-10(9-11)16(14,15)12-5-8-13-6-3-4-7-13/h10,12H,2-9,11H2,1H3. The topological polar surface area (TPSA) is 75.4 Å². The van der Waals surface area contributed by atoms with E-state index in [2.05, 4.69) is 9.62 Å². The average molecular weight is 249 g/mol. The number of rotatable bonds is 7. The van der Waals surface area contributed by atoms with Crippen molar-refractivity contribution in [1.82, 2.24) is 9.62 Å². The second-order valence-corrected chi connectivity index (χ2v) is 6.30. The van der Waals surface area contributed by atoms with Gasteiger partial charge in [-0.15, -0.1) is 0 Å². The van der Waals surface area contributed by atoms with Gasteiger partial charge in [0.05, 0.1) is 5.25 Å². The van der Waals surface area contributed by atoms with Gasteiger partial charge in [0.1, 0.15) is 0 Å². The third-order valence-corrected chi connectivity index (χ3v) is 5.10. The number of likely N-dealkylation sites (tertiary alicyclic amines) is 1. The van der Waals surface area contributed by atoms with Crippen LogP contribution in [0.4, 0.5) is 0 Å². The molecule has 16 heavy (non-hydrogen) atoms. The minimum Gasteiger partial charge on any atom is -0.329 e. The summed E-state index contributed by atoms with van der Waals surface area (Å²) < 4.78 is 26.2. The van der Waals surface area contributed by atoms with Crippen LogP contribution in [0.2, 0.25) is 0 Å². The predicted molar refractivity (Wildman–Crippen MR) is 65.7 cm³/mol. The molecule has 0 aromatic carbocycles. The first-order valence-corrected chi connectivity index (χ1v) is 7.55. The van der Waals surface area contributed by atoms with E-state index in [-0.39, 0.29) is 6.54 Å². The van der Waals surface area contributed by atoms with E-state index in [4.69, 9.17) is 5.73 Å². The van der Waals surface area contributed by atoms with Gasteiger partial charge in [-0.05, 0) is 32.4 Å². The molecule has 1 unspecified atom stereocenters.